The van der Waals surface area contributed by atoms with Gasteiger partial charge in [-0.2, -0.15) is 0 Å². The van der Waals surface area contributed by atoms with Gasteiger partial charge in [0.2, 0.25) is 0 Å². The molecule has 1 aromatic carbocycles. The third-order valence-corrected chi connectivity index (χ3v) is 2.90. The molecule has 4 heteroatoms. The molecule has 4 nitrogen and oxygen atoms in total. The molecule has 0 radical (unpaired) electrons. The second-order valence-corrected chi connectivity index (χ2v) is 6.63. The van der Waals surface area contributed by atoms with E-state index in [0.717, 1.165) is 0 Å². The molecule has 0 N–H and O–H groups in total. The van der Waals surface area contributed by atoms with Crippen molar-refractivity contribution in [3.63, 3.8) is 0 Å². The quantitative estimate of drug-likeness (QED) is 0.567. The maximum absolute atomic E-state index is 12.4. The molecular weight excluding hydrogens is 230 g/mol. The Morgan fingerprint density at radius 3 is 1.50 bits per heavy atom. The number of hydrogen-bond donors (Lipinski definition) is 0. The summed E-state index contributed by atoms with van der Waals surface area (Å²) >= 11 is 0. The molecule has 0 spiro atoms. The summed E-state index contributed by atoms with van der Waals surface area (Å²) < 4.78 is 0. The number of non-ortho nitro benzene ring substituents is 1. The molecule has 0 fully saturated rings. The predicted molar refractivity (Wildman–Crippen MR) is 69.9 cm³/mol. The topological polar surface area (TPSA) is 66.2 Å². The first-order chi connectivity index (χ1) is 7.94. The van der Waals surface area contributed by atoms with Crippen LogP contribution in [0.4, 0.5) is 5.69 Å². The first-order valence-corrected chi connectivity index (χ1v) is 5.95. The van der Waals surface area contributed by atoms with Gasteiger partial charge in [-0.15, -0.1) is 5.75 Å². The largest absolute Gasteiger partial charge is 0.872 e. The molecule has 0 aliphatic carbocycles. The molecular formula is C14H20NO3-. The fraction of sp³-hybridized carbons (Fsp3) is 0.571. The molecule has 0 unspecified atom stereocenters. The molecule has 0 amide bonds. The maximum Gasteiger partial charge on any atom is 0.269 e. The first-order valence-electron chi connectivity index (χ1n) is 5.95. The van der Waals surface area contributed by atoms with E-state index < -0.39 is 15.8 Å². The molecule has 0 bridgehead atoms. The van der Waals surface area contributed by atoms with Crippen LogP contribution in [0.5, 0.6) is 5.75 Å². The lowest BCUT2D eigenvalue weighted by Crippen LogP contribution is -2.21. The van der Waals surface area contributed by atoms with Gasteiger partial charge >= 0.3 is 0 Å². The Morgan fingerprint density at radius 2 is 1.28 bits per heavy atom. The minimum atomic E-state index is -0.441. The zero-order valence-corrected chi connectivity index (χ0v) is 11.8. The van der Waals surface area contributed by atoms with E-state index in [9.17, 15) is 15.2 Å². The second-order valence-electron chi connectivity index (χ2n) is 6.63. The smallest absolute Gasteiger partial charge is 0.269 e. The van der Waals surface area contributed by atoms with Gasteiger partial charge in [0.15, 0.2) is 0 Å². The van der Waals surface area contributed by atoms with Gasteiger partial charge in [-0.3, -0.25) is 10.1 Å². The molecule has 100 valence electrons. The Labute approximate surface area is 108 Å². The highest BCUT2D eigenvalue weighted by Gasteiger charge is 2.25. The van der Waals surface area contributed by atoms with E-state index in [-0.39, 0.29) is 11.4 Å². The highest BCUT2D eigenvalue weighted by molar-refractivity contribution is 5.53. The third-order valence-electron chi connectivity index (χ3n) is 2.90. The highest BCUT2D eigenvalue weighted by Crippen LogP contribution is 2.39. The lowest BCUT2D eigenvalue weighted by Gasteiger charge is -2.32. The number of hydrogen-bond acceptors (Lipinski definition) is 3. The summed E-state index contributed by atoms with van der Waals surface area (Å²) in [7, 11) is 0. The molecule has 0 saturated carbocycles. The molecule has 0 heterocycles. The SMILES string of the molecule is CC(C)(C)c1cc([N+](=O)[O-])cc(C(C)(C)C)c1[O-]. The number of benzene rings is 1. The normalized spacial score (nSPS) is 12.6. The predicted octanol–water partition coefficient (Wildman–Crippen LogP) is 3.26. The summed E-state index contributed by atoms with van der Waals surface area (Å²) in [6, 6.07) is 2.80. The van der Waals surface area contributed by atoms with Gasteiger partial charge < -0.3 is 5.11 Å². The molecule has 18 heavy (non-hydrogen) atoms. The van der Waals surface area contributed by atoms with Gasteiger partial charge in [-0.1, -0.05) is 41.5 Å². The molecule has 1 aromatic rings. The number of nitro benzene ring substituents is 1. The Balaban J connectivity index is 3.64. The standard InChI is InChI=1S/C14H21NO3/c1-13(2,3)10-7-9(15(17)18)8-11(12(10)16)14(4,5)6/h7-8,16H,1-6H3/p-1. The monoisotopic (exact) mass is 250 g/mol. The van der Waals surface area contributed by atoms with Gasteiger partial charge in [0.25, 0.3) is 5.69 Å². The van der Waals surface area contributed by atoms with Crippen molar-refractivity contribution >= 4 is 5.69 Å². The molecule has 0 saturated heterocycles. The van der Waals surface area contributed by atoms with Gasteiger partial charge in [-0.25, -0.2) is 0 Å². The fourth-order valence-electron chi connectivity index (χ4n) is 1.83. The van der Waals surface area contributed by atoms with E-state index in [4.69, 9.17) is 0 Å². The summed E-state index contributed by atoms with van der Waals surface area (Å²) in [6.45, 7) is 11.3. The van der Waals surface area contributed by atoms with Crippen molar-refractivity contribution in [3.05, 3.63) is 33.4 Å². The Hall–Kier alpha value is -1.58. The maximum atomic E-state index is 12.4. The molecule has 0 aliphatic heterocycles. The van der Waals surface area contributed by atoms with Crippen LogP contribution >= 0.6 is 0 Å². The summed E-state index contributed by atoms with van der Waals surface area (Å²) in [6.07, 6.45) is 0. The zero-order chi connectivity index (χ0) is 14.3. The van der Waals surface area contributed by atoms with Gasteiger partial charge in [0.1, 0.15) is 0 Å². The highest BCUT2D eigenvalue weighted by atomic mass is 16.6. The first kappa shape index (κ1) is 14.5. The Morgan fingerprint density at radius 1 is 0.944 bits per heavy atom. The van der Waals surface area contributed by atoms with Crippen molar-refractivity contribution in [2.24, 2.45) is 0 Å². The van der Waals surface area contributed by atoms with E-state index in [1.807, 2.05) is 41.5 Å². The van der Waals surface area contributed by atoms with Crippen LogP contribution < -0.4 is 5.11 Å². The Kier molecular flexibility index (Phi) is 3.43. The minimum absolute atomic E-state index is 0.00977. The second kappa shape index (κ2) is 4.26. The molecule has 1 rings (SSSR count). The van der Waals surface area contributed by atoms with Crippen LogP contribution in [0.25, 0.3) is 0 Å². The van der Waals surface area contributed by atoms with Crippen LogP contribution in [-0.4, -0.2) is 4.92 Å². The fourth-order valence-corrected chi connectivity index (χ4v) is 1.83. The van der Waals surface area contributed by atoms with Crippen LogP contribution in [0.15, 0.2) is 12.1 Å². The zero-order valence-electron chi connectivity index (χ0n) is 11.8. The van der Waals surface area contributed by atoms with Crippen LogP contribution in [0.1, 0.15) is 52.7 Å². The number of nitrogens with zero attached hydrogens (tertiary/aromatic N) is 1. The van der Waals surface area contributed by atoms with Gasteiger partial charge in [0, 0.05) is 12.1 Å². The van der Waals surface area contributed by atoms with Crippen molar-refractivity contribution < 1.29 is 10.0 Å². The van der Waals surface area contributed by atoms with Crippen molar-refractivity contribution in [3.8, 4) is 5.75 Å². The van der Waals surface area contributed by atoms with E-state index in [1.54, 1.807) is 0 Å². The summed E-state index contributed by atoms with van der Waals surface area (Å²) in [5.41, 5.74) is 0.194. The van der Waals surface area contributed by atoms with E-state index in [0.29, 0.717) is 11.1 Å². The number of rotatable bonds is 1. The number of nitro groups is 1. The van der Waals surface area contributed by atoms with Crippen LogP contribution in [-0.2, 0) is 10.8 Å². The summed E-state index contributed by atoms with van der Waals surface area (Å²) in [4.78, 5) is 10.5. The van der Waals surface area contributed by atoms with Crippen LogP contribution in [0.3, 0.4) is 0 Å². The van der Waals surface area contributed by atoms with Crippen molar-refractivity contribution in [2.45, 2.75) is 52.4 Å². The van der Waals surface area contributed by atoms with Crippen molar-refractivity contribution in [2.75, 3.05) is 0 Å². The Bertz CT molecular complexity index is 444. The third kappa shape index (κ3) is 2.81. The van der Waals surface area contributed by atoms with Gasteiger partial charge in [-0.05, 0) is 22.0 Å². The van der Waals surface area contributed by atoms with Crippen LogP contribution in [0, 0.1) is 10.1 Å². The molecule has 0 atom stereocenters. The lowest BCUT2D eigenvalue weighted by molar-refractivity contribution is -0.385. The summed E-state index contributed by atoms with van der Waals surface area (Å²) in [5, 5.41) is 23.4. The summed E-state index contributed by atoms with van der Waals surface area (Å²) in [5.74, 6) is -0.0828. The van der Waals surface area contributed by atoms with E-state index in [2.05, 4.69) is 0 Å². The van der Waals surface area contributed by atoms with E-state index >= 15 is 0 Å². The molecule has 0 aromatic heterocycles. The van der Waals surface area contributed by atoms with Crippen molar-refractivity contribution in [1.29, 1.82) is 0 Å². The average molecular weight is 250 g/mol. The van der Waals surface area contributed by atoms with Crippen molar-refractivity contribution in [1.82, 2.24) is 0 Å². The minimum Gasteiger partial charge on any atom is -0.872 e. The lowest BCUT2D eigenvalue weighted by atomic mass is 9.79. The van der Waals surface area contributed by atoms with E-state index in [1.165, 1.54) is 12.1 Å². The average Bonchev–Trinajstić information content (AvgIpc) is 2.13. The van der Waals surface area contributed by atoms with Gasteiger partial charge in [0.05, 0.1) is 4.92 Å². The van der Waals surface area contributed by atoms with Crippen LogP contribution in [0.2, 0.25) is 0 Å². The molecule has 0 aliphatic rings.